The molecule has 0 radical (unpaired) electrons. The summed E-state index contributed by atoms with van der Waals surface area (Å²) in [4.78, 5) is 35.1. The van der Waals surface area contributed by atoms with Crippen molar-refractivity contribution in [3.63, 3.8) is 0 Å². The number of alkyl halides is 12. The van der Waals surface area contributed by atoms with Crippen molar-refractivity contribution in [1.82, 2.24) is 0 Å². The second kappa shape index (κ2) is 21.7. The van der Waals surface area contributed by atoms with Gasteiger partial charge < -0.3 is 29.0 Å². The summed E-state index contributed by atoms with van der Waals surface area (Å²) < 4.78 is 198. The lowest BCUT2D eigenvalue weighted by Crippen LogP contribution is -2.70. The van der Waals surface area contributed by atoms with Crippen LogP contribution in [0.2, 0.25) is 0 Å². The highest BCUT2D eigenvalue weighted by molar-refractivity contribution is 7.85. The third-order valence-corrected chi connectivity index (χ3v) is 10.4. The van der Waals surface area contributed by atoms with Crippen LogP contribution in [0.4, 0.5) is 52.7 Å². The van der Waals surface area contributed by atoms with Gasteiger partial charge >= 0.3 is 42.6 Å². The fourth-order valence-electron chi connectivity index (χ4n) is 4.05. The van der Waals surface area contributed by atoms with Crippen molar-refractivity contribution in [2.45, 2.75) is 176 Å². The molecule has 1 unspecified atom stereocenters. The molecule has 1 atom stereocenters. The van der Waals surface area contributed by atoms with Crippen LogP contribution in [0.25, 0.3) is 0 Å². The number of hydrogen-bond donors (Lipinski definition) is 2. The summed E-state index contributed by atoms with van der Waals surface area (Å²) >= 11 is 0. The molecule has 0 spiro atoms. The van der Waals surface area contributed by atoms with Crippen LogP contribution >= 0.6 is 0 Å². The van der Waals surface area contributed by atoms with Crippen LogP contribution in [0.5, 0.6) is 0 Å². The molecule has 0 rings (SSSR count). The minimum absolute atomic E-state index is 0.0241. The third-order valence-electron chi connectivity index (χ3n) is 9.59. The van der Waals surface area contributed by atoms with E-state index in [-0.39, 0.29) is 37.8 Å². The van der Waals surface area contributed by atoms with Crippen LogP contribution < -0.4 is 0 Å². The first kappa shape index (κ1) is 61.7. The number of rotatable bonds is 17. The highest BCUT2D eigenvalue weighted by atomic mass is 32.2. The molecule has 360 valence electrons. The van der Waals surface area contributed by atoms with Crippen LogP contribution in [-0.4, -0.2) is 101 Å². The Bertz CT molecular complexity index is 1450. The maximum absolute atomic E-state index is 12.8. The van der Waals surface area contributed by atoms with E-state index in [2.05, 4.69) is 4.74 Å². The van der Waals surface area contributed by atoms with E-state index in [1.807, 2.05) is 6.92 Å². The third kappa shape index (κ3) is 18.0. The van der Waals surface area contributed by atoms with Crippen LogP contribution in [0.3, 0.4) is 0 Å². The molecule has 2 N–H and O–H groups in total. The van der Waals surface area contributed by atoms with Gasteiger partial charge in [-0.2, -0.15) is 52.7 Å². The van der Waals surface area contributed by atoms with E-state index < -0.39 is 98.1 Å². The molecule has 0 amide bonds. The lowest BCUT2D eigenvalue weighted by atomic mass is 9.83. The van der Waals surface area contributed by atoms with Gasteiger partial charge in [-0.3, -0.25) is 14.4 Å². The van der Waals surface area contributed by atoms with Crippen molar-refractivity contribution in [2.75, 3.05) is 12.4 Å². The van der Waals surface area contributed by atoms with Gasteiger partial charge in [0.25, 0.3) is 11.2 Å². The van der Waals surface area contributed by atoms with Crippen LogP contribution in [0.15, 0.2) is 0 Å². The molecular formula is C36H59F12O11S-. The van der Waals surface area contributed by atoms with Crippen molar-refractivity contribution in [2.24, 2.45) is 22.2 Å². The van der Waals surface area contributed by atoms with Gasteiger partial charge in [-0.05, 0) is 93.4 Å². The van der Waals surface area contributed by atoms with Gasteiger partial charge in [0.15, 0.2) is 5.60 Å². The zero-order valence-corrected chi connectivity index (χ0v) is 36.6. The smallest absolute Gasteiger partial charge is 0.430 e. The van der Waals surface area contributed by atoms with Gasteiger partial charge in [-0.25, -0.2) is 8.42 Å². The Balaban J connectivity index is -0.000000834. The standard InChI is InChI=1S/C15H24F6O3.C12H18F6O3.C9H18O5S/c1-6-12(4,5)11(22)24-10(7-9(2)3)8-13(23,14(16,17)18)15(19,20)21;1-6-8(2,3)7(19)21-9(4,5)10(20,11(13,14)15)12(16,17)18;1-4-9(2,3)8(10)14-6-5-7-15(11,12)13/h9-10,23H,6-8H2,1-5H3;20H,6H2,1-5H3;4-7H2,1-3H3,(H,11,12,13)/p-1. The molecule has 60 heavy (non-hydrogen) atoms. The lowest BCUT2D eigenvalue weighted by Gasteiger charge is -2.44. The number of aliphatic hydroxyl groups is 2. The van der Waals surface area contributed by atoms with Gasteiger partial charge in [-0.1, -0.05) is 34.6 Å². The summed E-state index contributed by atoms with van der Waals surface area (Å²) in [5.41, 5.74) is -16.2. The van der Waals surface area contributed by atoms with Crippen molar-refractivity contribution in [3.05, 3.63) is 0 Å². The predicted octanol–water partition coefficient (Wildman–Crippen LogP) is 9.13. The second-order valence-electron chi connectivity index (χ2n) is 16.8. The van der Waals surface area contributed by atoms with Crippen LogP contribution in [0.1, 0.15) is 129 Å². The zero-order valence-electron chi connectivity index (χ0n) is 35.8. The molecule has 0 saturated heterocycles. The number of halogens is 12. The quantitative estimate of drug-likeness (QED) is 0.0468. The fourth-order valence-corrected chi connectivity index (χ4v) is 4.52. The van der Waals surface area contributed by atoms with Crippen LogP contribution in [0, 0.1) is 22.2 Å². The highest BCUT2D eigenvalue weighted by Crippen LogP contribution is 2.51. The Kier molecular flexibility index (Phi) is 22.3. The monoisotopic (exact) mass is 927 g/mol. The minimum Gasteiger partial charge on any atom is -0.748 e. The fraction of sp³-hybridized carbons (Fsp3) is 0.917. The SMILES string of the molecule is CCC(C)(C)C(=O)OC(C)(C)C(O)(C(F)(F)F)C(F)(F)F.CCC(C)(C)C(=O)OC(CC(C)C)CC(O)(C(F)(F)F)C(F)(F)F.CCC(C)(C)C(=O)OCCCS(=O)(=O)[O-]. The van der Waals surface area contributed by atoms with Gasteiger partial charge in [-0.15, -0.1) is 0 Å². The van der Waals surface area contributed by atoms with E-state index in [4.69, 9.17) is 9.47 Å². The molecule has 0 saturated carbocycles. The molecule has 0 fully saturated rings. The Morgan fingerprint density at radius 2 is 0.967 bits per heavy atom. The molecule has 0 aliphatic heterocycles. The number of hydrogen-bond acceptors (Lipinski definition) is 11. The van der Waals surface area contributed by atoms with E-state index in [9.17, 15) is 90.3 Å². The molecule has 11 nitrogen and oxygen atoms in total. The summed E-state index contributed by atoms with van der Waals surface area (Å²) in [5.74, 6) is -3.36. The average molecular weight is 928 g/mol. The maximum Gasteiger partial charge on any atom is 0.430 e. The maximum atomic E-state index is 12.8. The first-order valence-corrected chi connectivity index (χ1v) is 19.9. The summed E-state index contributed by atoms with van der Waals surface area (Å²) in [7, 11) is -4.20. The highest BCUT2D eigenvalue weighted by Gasteiger charge is 2.79. The lowest BCUT2D eigenvalue weighted by molar-refractivity contribution is -0.408. The number of carbonyl (C=O) groups excluding carboxylic acids is 3. The van der Waals surface area contributed by atoms with Crippen LogP contribution in [-0.2, 0) is 38.7 Å². The number of esters is 3. The first-order chi connectivity index (χ1) is 26.1. The topological polar surface area (TPSA) is 177 Å². The average Bonchev–Trinajstić information content (AvgIpc) is 3.03. The van der Waals surface area contributed by atoms with Gasteiger partial charge in [0, 0.05) is 12.2 Å². The van der Waals surface area contributed by atoms with E-state index in [0.717, 1.165) is 0 Å². The van der Waals surface area contributed by atoms with Crippen molar-refractivity contribution in [3.8, 4) is 0 Å². The minimum atomic E-state index is -6.06. The van der Waals surface area contributed by atoms with Gasteiger partial charge in [0.2, 0.25) is 0 Å². The normalized spacial score (nSPS) is 14.6. The molecule has 0 aromatic carbocycles. The molecule has 0 heterocycles. The zero-order chi connectivity index (χ0) is 49.2. The first-order valence-electron chi connectivity index (χ1n) is 18.4. The van der Waals surface area contributed by atoms with Crippen molar-refractivity contribution >= 4 is 28.0 Å². The van der Waals surface area contributed by atoms with E-state index in [1.165, 1.54) is 34.6 Å². The Morgan fingerprint density at radius 1 is 0.617 bits per heavy atom. The number of ether oxygens (including phenoxy) is 3. The molecule has 0 bridgehead atoms. The molecule has 0 aromatic rings. The number of carbonyl (C=O) groups is 3. The Hall–Kier alpha value is -2.60. The summed E-state index contributed by atoms with van der Waals surface area (Å²) in [6, 6.07) is 0. The Morgan fingerprint density at radius 3 is 1.27 bits per heavy atom. The van der Waals surface area contributed by atoms with E-state index in [1.54, 1.807) is 34.6 Å². The van der Waals surface area contributed by atoms with Gasteiger partial charge in [0.1, 0.15) is 6.10 Å². The van der Waals surface area contributed by atoms with Crippen molar-refractivity contribution in [1.29, 1.82) is 0 Å². The summed E-state index contributed by atoms with van der Waals surface area (Å²) in [6.07, 6.45) is -26.6. The second-order valence-corrected chi connectivity index (χ2v) is 18.3. The predicted molar refractivity (Wildman–Crippen MR) is 191 cm³/mol. The Labute approximate surface area is 343 Å². The molecule has 0 aliphatic carbocycles. The molecule has 0 aromatic heterocycles. The molecule has 0 aliphatic rings. The van der Waals surface area contributed by atoms with Gasteiger partial charge in [0.05, 0.1) is 33.0 Å². The summed E-state index contributed by atoms with van der Waals surface area (Å²) in [6.45, 7) is 17.9. The van der Waals surface area contributed by atoms with E-state index >= 15 is 0 Å². The van der Waals surface area contributed by atoms with E-state index in [0.29, 0.717) is 26.7 Å². The molecular weight excluding hydrogens is 868 g/mol. The van der Waals surface area contributed by atoms with Crippen molar-refractivity contribution < 1.29 is 104 Å². The summed E-state index contributed by atoms with van der Waals surface area (Å²) in [5, 5.41) is 18.6. The molecule has 24 heteroatoms. The largest absolute Gasteiger partial charge is 0.748 e.